The molecule has 2 aliphatic rings. The van der Waals surface area contributed by atoms with Crippen LogP contribution in [0.2, 0.25) is 0 Å². The quantitative estimate of drug-likeness (QED) is 0.276. The summed E-state index contributed by atoms with van der Waals surface area (Å²) in [6, 6.07) is 26.0. The molecule has 2 N–H and O–H groups in total. The first-order chi connectivity index (χ1) is 18.4. The Morgan fingerprint density at radius 3 is 2.58 bits per heavy atom. The maximum atomic E-state index is 14.2. The van der Waals surface area contributed by atoms with Gasteiger partial charge in [0.15, 0.2) is 0 Å². The monoisotopic (exact) mass is 560 g/mol. The summed E-state index contributed by atoms with van der Waals surface area (Å²) in [7, 11) is 1.98. The van der Waals surface area contributed by atoms with Crippen LogP contribution in [0.1, 0.15) is 22.4 Å². The summed E-state index contributed by atoms with van der Waals surface area (Å²) in [4.78, 5) is 14.2. The molecule has 0 radical (unpaired) electrons. The molecule has 0 fully saturated rings. The Hall–Kier alpha value is -4.61. The predicted octanol–water partition coefficient (Wildman–Crippen LogP) is 6.03. The molecule has 1 spiro atoms. The molecule has 0 saturated heterocycles. The zero-order chi connectivity index (χ0) is 26.2. The van der Waals surface area contributed by atoms with Gasteiger partial charge in [0.05, 0.1) is 28.7 Å². The number of hydrogen-bond donors (Lipinski definition) is 2. The molecular weight excluding hydrogens is 540 g/mol. The molecule has 1 amide bonds. The fourth-order valence-electron chi connectivity index (χ4n) is 5.99. The van der Waals surface area contributed by atoms with E-state index in [0.717, 1.165) is 32.2 Å². The van der Waals surface area contributed by atoms with Gasteiger partial charge in [-0.2, -0.15) is 10.4 Å². The minimum Gasteiger partial charge on any atom is -0.350 e. The summed E-state index contributed by atoms with van der Waals surface area (Å²) >= 11 is 3.60. The lowest BCUT2D eigenvalue weighted by molar-refractivity contribution is -0.118. The first-order valence-electron chi connectivity index (χ1n) is 12.2. The second kappa shape index (κ2) is 7.94. The number of aryl methyl sites for hydroxylation is 2. The number of hydrogen-bond acceptors (Lipinski definition) is 4. The number of carbonyl (C=O) groups is 1. The third kappa shape index (κ3) is 2.82. The number of halogens is 1. The lowest BCUT2D eigenvalue weighted by Gasteiger charge is -2.34. The number of anilines is 2. The van der Waals surface area contributed by atoms with Gasteiger partial charge in [-0.1, -0.05) is 52.3 Å². The summed E-state index contributed by atoms with van der Waals surface area (Å²) in [5, 5.41) is 23.3. The van der Waals surface area contributed by atoms with E-state index in [2.05, 4.69) is 32.6 Å². The van der Waals surface area contributed by atoms with Crippen LogP contribution >= 0.6 is 15.9 Å². The Labute approximate surface area is 227 Å². The third-order valence-corrected chi connectivity index (χ3v) is 8.05. The fraction of sp³-hybridized carbons (Fsp3) is 0.100. The van der Waals surface area contributed by atoms with Crippen LogP contribution in [0.25, 0.3) is 22.3 Å². The third-order valence-electron chi connectivity index (χ3n) is 7.56. The number of amides is 1. The highest BCUT2D eigenvalue weighted by molar-refractivity contribution is 9.10. The van der Waals surface area contributed by atoms with Gasteiger partial charge in [-0.15, -0.1) is 0 Å². The Balaban J connectivity index is 1.64. The molecule has 1 atom stereocenters. The number of rotatable bonds is 2. The van der Waals surface area contributed by atoms with Crippen LogP contribution < -0.4 is 10.6 Å². The summed E-state index contributed by atoms with van der Waals surface area (Å²) in [6.45, 7) is 1.89. The standard InChI is InChI=1S/C30H21BrN6O/c1-17-26-28(37(35-17)19-8-4-3-5-9-19)34-27(21-16-36(2)25-11-7-6-10-20(21)25)23(15-32)30(26)22-14-18(31)12-13-24(22)33-29(30)38/h3-14,16,34H,1-2H3,(H,33,38). The number of nitrogens with zero attached hydrogens (tertiary/aromatic N) is 4. The van der Waals surface area contributed by atoms with E-state index in [0.29, 0.717) is 34.0 Å². The average Bonchev–Trinajstić information content (AvgIpc) is 3.54. The van der Waals surface area contributed by atoms with Gasteiger partial charge in [-0.25, -0.2) is 4.68 Å². The minimum atomic E-state index is -1.38. The van der Waals surface area contributed by atoms with E-state index in [1.54, 1.807) is 0 Å². The van der Waals surface area contributed by atoms with Crippen LogP contribution in [0.5, 0.6) is 0 Å². The van der Waals surface area contributed by atoms with E-state index in [1.807, 2.05) is 102 Å². The van der Waals surface area contributed by atoms with Crippen LogP contribution in [-0.4, -0.2) is 20.3 Å². The molecule has 0 bridgehead atoms. The van der Waals surface area contributed by atoms with Crippen molar-refractivity contribution < 1.29 is 4.79 Å². The molecule has 38 heavy (non-hydrogen) atoms. The van der Waals surface area contributed by atoms with Crippen molar-refractivity contribution in [2.75, 3.05) is 10.6 Å². The number of nitrogens with one attached hydrogen (secondary N) is 2. The summed E-state index contributed by atoms with van der Waals surface area (Å²) in [6.07, 6.45) is 2.01. The molecule has 1 unspecified atom stereocenters. The SMILES string of the molecule is Cc1nn(-c2ccccc2)c2c1C1(C(=O)Nc3ccc(Br)cc31)C(C#N)=C(c1cn(C)c3ccccc13)N2. The van der Waals surface area contributed by atoms with Crippen molar-refractivity contribution in [3.8, 4) is 11.8 Å². The van der Waals surface area contributed by atoms with Crippen LogP contribution in [0.15, 0.2) is 89.0 Å². The Morgan fingerprint density at radius 2 is 1.79 bits per heavy atom. The van der Waals surface area contributed by atoms with Crippen LogP contribution in [0.4, 0.5) is 11.5 Å². The van der Waals surface area contributed by atoms with E-state index in [1.165, 1.54) is 0 Å². The molecule has 0 saturated carbocycles. The maximum absolute atomic E-state index is 14.2. The molecule has 5 aromatic rings. The number of benzene rings is 3. The predicted molar refractivity (Wildman–Crippen MR) is 151 cm³/mol. The molecule has 8 heteroatoms. The number of para-hydroxylation sites is 2. The maximum Gasteiger partial charge on any atom is 0.245 e. The molecule has 4 heterocycles. The number of nitriles is 1. The second-order valence-electron chi connectivity index (χ2n) is 9.61. The van der Waals surface area contributed by atoms with Crippen molar-refractivity contribution >= 4 is 49.9 Å². The zero-order valence-electron chi connectivity index (χ0n) is 20.6. The largest absolute Gasteiger partial charge is 0.350 e. The fourth-order valence-corrected chi connectivity index (χ4v) is 6.36. The Bertz CT molecular complexity index is 1890. The van der Waals surface area contributed by atoms with Gasteiger partial charge in [0.25, 0.3) is 0 Å². The first-order valence-corrected chi connectivity index (χ1v) is 13.0. The second-order valence-corrected chi connectivity index (χ2v) is 10.5. The highest BCUT2D eigenvalue weighted by Gasteiger charge is 2.58. The van der Waals surface area contributed by atoms with Crippen LogP contribution in [0, 0.1) is 18.3 Å². The van der Waals surface area contributed by atoms with Crippen LogP contribution in [0.3, 0.4) is 0 Å². The van der Waals surface area contributed by atoms with Crippen molar-refractivity contribution in [1.29, 1.82) is 5.26 Å². The number of carbonyl (C=O) groups excluding carboxylic acids is 1. The normalized spacial score (nSPS) is 17.8. The molecular formula is C30H21BrN6O. The minimum absolute atomic E-state index is 0.265. The van der Waals surface area contributed by atoms with Gasteiger partial charge in [-0.05, 0) is 43.3 Å². The molecule has 2 aromatic heterocycles. The molecule has 184 valence electrons. The summed E-state index contributed by atoms with van der Waals surface area (Å²) in [5.41, 5.74) is 5.04. The van der Waals surface area contributed by atoms with E-state index in [9.17, 15) is 10.1 Å². The summed E-state index contributed by atoms with van der Waals surface area (Å²) < 4.78 is 4.69. The number of aromatic nitrogens is 3. The van der Waals surface area contributed by atoms with E-state index < -0.39 is 5.41 Å². The van der Waals surface area contributed by atoms with Crippen molar-refractivity contribution in [2.24, 2.45) is 7.05 Å². The first kappa shape index (κ1) is 22.6. The van der Waals surface area contributed by atoms with Gasteiger partial charge < -0.3 is 15.2 Å². The van der Waals surface area contributed by atoms with Gasteiger partial charge in [0.1, 0.15) is 11.2 Å². The zero-order valence-corrected chi connectivity index (χ0v) is 22.2. The summed E-state index contributed by atoms with van der Waals surface area (Å²) in [5.74, 6) is 0.400. The molecule has 7 rings (SSSR count). The average molecular weight is 561 g/mol. The Kier molecular flexibility index (Phi) is 4.72. The van der Waals surface area contributed by atoms with E-state index in [4.69, 9.17) is 5.10 Å². The van der Waals surface area contributed by atoms with Crippen LogP contribution in [-0.2, 0) is 17.3 Å². The van der Waals surface area contributed by atoms with Gasteiger partial charge in [0.2, 0.25) is 5.91 Å². The van der Waals surface area contributed by atoms with Crippen molar-refractivity contribution in [3.05, 3.63) is 111 Å². The van der Waals surface area contributed by atoms with Crippen molar-refractivity contribution in [1.82, 2.24) is 14.3 Å². The topological polar surface area (TPSA) is 87.7 Å². The van der Waals surface area contributed by atoms with E-state index in [-0.39, 0.29) is 5.91 Å². The molecule has 3 aromatic carbocycles. The smallest absolute Gasteiger partial charge is 0.245 e. The highest BCUT2D eigenvalue weighted by Crippen LogP contribution is 2.56. The van der Waals surface area contributed by atoms with Gasteiger partial charge >= 0.3 is 0 Å². The van der Waals surface area contributed by atoms with Gasteiger partial charge in [0, 0.05) is 51.0 Å². The molecule has 7 nitrogen and oxygen atoms in total. The van der Waals surface area contributed by atoms with E-state index >= 15 is 0 Å². The number of fused-ring (bicyclic) bond motifs is 5. The highest BCUT2D eigenvalue weighted by atomic mass is 79.9. The Morgan fingerprint density at radius 1 is 1.03 bits per heavy atom. The lowest BCUT2D eigenvalue weighted by atomic mass is 9.67. The lowest BCUT2D eigenvalue weighted by Crippen LogP contribution is -2.42. The molecule has 2 aliphatic heterocycles. The van der Waals surface area contributed by atoms with Gasteiger partial charge in [-0.3, -0.25) is 4.79 Å². The van der Waals surface area contributed by atoms with Crippen molar-refractivity contribution in [3.63, 3.8) is 0 Å². The van der Waals surface area contributed by atoms with Crippen molar-refractivity contribution in [2.45, 2.75) is 12.3 Å². The molecule has 0 aliphatic carbocycles.